The predicted molar refractivity (Wildman–Crippen MR) is 108 cm³/mol. The predicted octanol–water partition coefficient (Wildman–Crippen LogP) is 3.16. The summed E-state index contributed by atoms with van der Waals surface area (Å²) < 4.78 is 1.96. The van der Waals surface area contributed by atoms with Gasteiger partial charge in [-0.2, -0.15) is 4.98 Å². The number of hydrogen-bond donors (Lipinski definition) is 2. The molecular weight excluding hydrogens is 362 g/mol. The molecule has 0 saturated carbocycles. The van der Waals surface area contributed by atoms with Crippen LogP contribution in [0.15, 0.2) is 12.4 Å². The second-order valence-electron chi connectivity index (χ2n) is 6.51. The van der Waals surface area contributed by atoms with Gasteiger partial charge in [0, 0.05) is 25.4 Å². The Morgan fingerprint density at radius 1 is 1.22 bits per heavy atom. The van der Waals surface area contributed by atoms with Crippen LogP contribution in [0.3, 0.4) is 0 Å². The number of aryl methyl sites for hydroxylation is 1. The number of hydrogen-bond acceptors (Lipinski definition) is 5. The largest absolute Gasteiger partial charge is 0.396 e. The van der Waals surface area contributed by atoms with Crippen molar-refractivity contribution in [2.24, 2.45) is 0 Å². The lowest BCUT2D eigenvalue weighted by Crippen LogP contribution is -2.06. The van der Waals surface area contributed by atoms with E-state index >= 15 is 0 Å². The molecular formula is C20H22ClN5O. The van der Waals surface area contributed by atoms with Crippen LogP contribution in [0.4, 0.5) is 5.95 Å². The highest BCUT2D eigenvalue weighted by molar-refractivity contribution is 6.34. The Labute approximate surface area is 163 Å². The molecule has 3 rings (SSSR count). The number of halogens is 1. The van der Waals surface area contributed by atoms with E-state index in [0.717, 1.165) is 16.8 Å². The van der Waals surface area contributed by atoms with Crippen molar-refractivity contribution < 1.29 is 5.11 Å². The van der Waals surface area contributed by atoms with E-state index in [-0.39, 0.29) is 17.7 Å². The van der Waals surface area contributed by atoms with E-state index in [0.29, 0.717) is 30.4 Å². The van der Waals surface area contributed by atoms with Crippen molar-refractivity contribution in [3.63, 3.8) is 0 Å². The molecule has 0 amide bonds. The summed E-state index contributed by atoms with van der Waals surface area (Å²) in [5.41, 5.74) is 11.7. The molecule has 27 heavy (non-hydrogen) atoms. The number of pyridine rings is 1. The first-order valence-corrected chi connectivity index (χ1v) is 9.13. The average molecular weight is 384 g/mol. The van der Waals surface area contributed by atoms with Gasteiger partial charge in [-0.15, -0.1) is 0 Å². The molecule has 0 aliphatic carbocycles. The Bertz CT molecular complexity index is 1060. The molecule has 0 spiro atoms. The van der Waals surface area contributed by atoms with Crippen LogP contribution in [0.5, 0.6) is 0 Å². The van der Waals surface area contributed by atoms with Crippen molar-refractivity contribution in [1.82, 2.24) is 19.5 Å². The normalized spacial score (nSPS) is 10.9. The molecule has 0 unspecified atom stereocenters. The van der Waals surface area contributed by atoms with E-state index in [1.54, 1.807) is 0 Å². The molecule has 0 atom stereocenters. The Morgan fingerprint density at radius 3 is 2.74 bits per heavy atom. The second-order valence-corrected chi connectivity index (χ2v) is 6.87. The van der Waals surface area contributed by atoms with Crippen molar-refractivity contribution in [3.05, 3.63) is 45.5 Å². The zero-order chi connectivity index (χ0) is 19.6. The summed E-state index contributed by atoms with van der Waals surface area (Å²) in [4.78, 5) is 13.0. The number of rotatable bonds is 4. The lowest BCUT2D eigenvalue weighted by Gasteiger charge is -2.11. The summed E-state index contributed by atoms with van der Waals surface area (Å²) in [5.74, 6) is 6.30. The molecule has 140 valence electrons. The van der Waals surface area contributed by atoms with Gasteiger partial charge >= 0.3 is 0 Å². The van der Waals surface area contributed by atoms with Crippen LogP contribution in [-0.2, 0) is 6.54 Å². The summed E-state index contributed by atoms with van der Waals surface area (Å²) >= 11 is 6.33. The number of fused-ring (bicyclic) bond motifs is 1. The van der Waals surface area contributed by atoms with Gasteiger partial charge < -0.3 is 15.4 Å². The number of aliphatic hydroxyl groups is 1. The molecule has 0 aromatic carbocycles. The van der Waals surface area contributed by atoms with Crippen LogP contribution in [0.2, 0.25) is 5.15 Å². The van der Waals surface area contributed by atoms with Gasteiger partial charge in [-0.1, -0.05) is 23.4 Å². The number of unbranched alkanes of at least 4 members (excludes halogenated alkanes) is 1. The van der Waals surface area contributed by atoms with E-state index in [9.17, 15) is 0 Å². The number of nitrogens with two attached hydrogens (primary N) is 1. The molecule has 3 aromatic heterocycles. The van der Waals surface area contributed by atoms with Crippen LogP contribution in [0, 0.1) is 32.6 Å². The van der Waals surface area contributed by atoms with Crippen LogP contribution in [-0.4, -0.2) is 31.2 Å². The third-order valence-corrected chi connectivity index (χ3v) is 4.97. The lowest BCUT2D eigenvalue weighted by molar-refractivity contribution is 0.290. The number of nitrogens with zero attached hydrogens (tertiary/aromatic N) is 4. The zero-order valence-corrected chi connectivity index (χ0v) is 16.4. The number of aliphatic hydroxyl groups excluding tert-OH is 1. The molecule has 7 heteroatoms. The van der Waals surface area contributed by atoms with E-state index < -0.39 is 0 Å². The van der Waals surface area contributed by atoms with Crippen LogP contribution >= 0.6 is 11.6 Å². The summed E-state index contributed by atoms with van der Waals surface area (Å²) in [6, 6.07) is 0. The molecule has 0 aliphatic heterocycles. The van der Waals surface area contributed by atoms with Gasteiger partial charge in [-0.05, 0) is 43.9 Å². The Kier molecular flexibility index (Phi) is 5.64. The summed E-state index contributed by atoms with van der Waals surface area (Å²) in [6.45, 7) is 6.88. The van der Waals surface area contributed by atoms with Crippen molar-refractivity contribution in [2.75, 3.05) is 12.3 Å². The van der Waals surface area contributed by atoms with E-state index in [2.05, 4.69) is 47.6 Å². The molecule has 3 N–H and O–H groups in total. The van der Waals surface area contributed by atoms with Crippen molar-refractivity contribution in [2.45, 2.75) is 40.2 Å². The monoisotopic (exact) mass is 383 g/mol. The highest BCUT2D eigenvalue weighted by Crippen LogP contribution is 2.27. The number of nitrogen functional groups attached to an aromatic ring is 1. The molecule has 0 aliphatic rings. The standard InChI is InChI=1S/C20H22ClN5O/c1-12-9-23-16(14(3)13(12)2)11-26-10-15(7-5-4-6-8-27)17-18(21)24-20(22)25-19(17)26/h9-10,27H,4,6,8,11H2,1-3H3,(H2,22,24,25). The maximum atomic E-state index is 8.91. The number of aromatic nitrogens is 4. The van der Waals surface area contributed by atoms with Crippen molar-refractivity contribution in [1.29, 1.82) is 0 Å². The first-order valence-electron chi connectivity index (χ1n) is 8.75. The fourth-order valence-corrected chi connectivity index (χ4v) is 3.17. The molecule has 3 heterocycles. The fraction of sp³-hybridized carbons (Fsp3) is 0.350. The van der Waals surface area contributed by atoms with Crippen LogP contribution in [0.1, 0.15) is 40.8 Å². The minimum Gasteiger partial charge on any atom is -0.396 e. The zero-order valence-electron chi connectivity index (χ0n) is 15.7. The quantitative estimate of drug-likeness (QED) is 0.410. The average Bonchev–Trinajstić information content (AvgIpc) is 2.97. The van der Waals surface area contributed by atoms with Gasteiger partial charge in [-0.3, -0.25) is 4.98 Å². The van der Waals surface area contributed by atoms with Gasteiger partial charge in [0.25, 0.3) is 0 Å². The van der Waals surface area contributed by atoms with Gasteiger partial charge in [0.05, 0.1) is 23.2 Å². The molecule has 0 fully saturated rings. The maximum Gasteiger partial charge on any atom is 0.223 e. The summed E-state index contributed by atoms with van der Waals surface area (Å²) in [6.07, 6.45) is 5.03. The SMILES string of the molecule is Cc1cnc(Cn2cc(C#CCCCO)c3c(Cl)nc(N)nc32)c(C)c1C. The maximum absolute atomic E-state index is 8.91. The topological polar surface area (TPSA) is 89.8 Å². The number of anilines is 1. The third kappa shape index (κ3) is 3.90. The van der Waals surface area contributed by atoms with E-state index in [4.69, 9.17) is 22.4 Å². The summed E-state index contributed by atoms with van der Waals surface area (Å²) in [5, 5.41) is 9.88. The molecule has 0 bridgehead atoms. The smallest absolute Gasteiger partial charge is 0.223 e. The highest BCUT2D eigenvalue weighted by atomic mass is 35.5. The molecule has 0 radical (unpaired) electrons. The van der Waals surface area contributed by atoms with Gasteiger partial charge in [0.1, 0.15) is 10.8 Å². The Hall–Kier alpha value is -2.62. The van der Waals surface area contributed by atoms with Crippen LogP contribution in [0.25, 0.3) is 11.0 Å². The third-order valence-electron chi connectivity index (χ3n) is 4.69. The summed E-state index contributed by atoms with van der Waals surface area (Å²) in [7, 11) is 0. The van der Waals surface area contributed by atoms with Gasteiger partial charge in [0.2, 0.25) is 5.95 Å². The minimum absolute atomic E-state index is 0.120. The van der Waals surface area contributed by atoms with Crippen molar-refractivity contribution in [3.8, 4) is 11.8 Å². The van der Waals surface area contributed by atoms with Crippen molar-refractivity contribution >= 4 is 28.6 Å². The second kappa shape index (κ2) is 7.95. The fourth-order valence-electron chi connectivity index (χ4n) is 2.90. The highest BCUT2D eigenvalue weighted by Gasteiger charge is 2.16. The Morgan fingerprint density at radius 2 is 2.00 bits per heavy atom. The molecule has 3 aromatic rings. The first kappa shape index (κ1) is 19.2. The van der Waals surface area contributed by atoms with Gasteiger partial charge in [0.15, 0.2) is 0 Å². The van der Waals surface area contributed by atoms with Crippen LogP contribution < -0.4 is 5.73 Å². The molecule has 0 saturated heterocycles. The first-order chi connectivity index (χ1) is 12.9. The van der Waals surface area contributed by atoms with Gasteiger partial charge in [-0.25, -0.2) is 4.98 Å². The van der Waals surface area contributed by atoms with E-state index in [1.807, 2.05) is 17.0 Å². The molecule has 6 nitrogen and oxygen atoms in total. The lowest BCUT2D eigenvalue weighted by atomic mass is 10.0. The van der Waals surface area contributed by atoms with E-state index in [1.165, 1.54) is 11.1 Å². The Balaban J connectivity index is 2.10. The minimum atomic E-state index is 0.120.